The van der Waals surface area contributed by atoms with E-state index in [1.54, 1.807) is 0 Å². The van der Waals surface area contributed by atoms with Crippen LogP contribution in [0.2, 0.25) is 0 Å². The maximum Gasteiger partial charge on any atom is 0.475 e. The fourth-order valence-corrected chi connectivity index (χ4v) is 0.0589. The van der Waals surface area contributed by atoms with Crippen molar-refractivity contribution in [2.75, 3.05) is 7.11 Å². The number of carbonyl (C=O) groups excluding carboxylic acids is 1. The first-order valence-electron chi connectivity index (χ1n) is 1.31. The smallest absolute Gasteiger partial charge is 0.475 e. The summed E-state index contributed by atoms with van der Waals surface area (Å²) < 4.78 is 7.76. The van der Waals surface area contributed by atoms with Gasteiger partial charge in [-0.2, -0.15) is 7.11 Å². The van der Waals surface area contributed by atoms with Crippen LogP contribution in [0.1, 0.15) is 0 Å². The molecule has 0 saturated carbocycles. The normalized spacial score (nSPS) is 6.00. The van der Waals surface area contributed by atoms with Gasteiger partial charge in [-0.15, -0.1) is 0 Å². The Bertz CT molecular complexity index is 48.1. The van der Waals surface area contributed by atoms with Gasteiger partial charge in [0.05, 0.1) is 7.11 Å². The largest absolute Gasteiger partial charge is 0.609 e. The Morgan fingerprint density at radius 1 is 1.71 bits per heavy atom. The summed E-state index contributed by atoms with van der Waals surface area (Å²) in [5.41, 5.74) is 0. The topological polar surface area (TPSA) is 35.5 Å². The zero-order valence-corrected chi connectivity index (χ0v) is 10.6. The second-order valence-corrected chi connectivity index (χ2v) is 0.598. The summed E-state index contributed by atoms with van der Waals surface area (Å²) in [7, 11) is 4.00. The van der Waals surface area contributed by atoms with Crippen LogP contribution in [0.25, 0.3) is 0 Å². The summed E-state index contributed by atoms with van der Waals surface area (Å²) >= 11 is 0. The number of rotatable bonds is 0. The molecular formula is C3H5DbO3-. The Morgan fingerprint density at radius 2 is 2.14 bits per heavy atom. The van der Waals surface area contributed by atoms with E-state index in [9.17, 15) is 4.79 Å². The van der Waals surface area contributed by atoms with Gasteiger partial charge in [0.1, 0.15) is 0 Å². The third-order valence-corrected chi connectivity index (χ3v) is 0.285. The van der Waals surface area contributed by atoms with E-state index in [1.165, 1.54) is 7.11 Å². The Kier molecular flexibility index (Phi) is 5.48. The van der Waals surface area contributed by atoms with E-state index in [1.807, 2.05) is 0 Å². The van der Waals surface area contributed by atoms with Crippen LogP contribution in [-0.2, 0) is 9.47 Å². The van der Waals surface area contributed by atoms with E-state index in [4.69, 9.17) is 0 Å². The molecule has 7 heavy (non-hydrogen) atoms. The Morgan fingerprint density at radius 3 is 2.14 bits per heavy atom. The van der Waals surface area contributed by atoms with Crippen molar-refractivity contribution in [1.82, 2.24) is 0 Å². The predicted octanol–water partition coefficient (Wildman–Crippen LogP) is 0.561. The van der Waals surface area contributed by atoms with Crippen LogP contribution < -0.4 is 0 Å². The van der Waals surface area contributed by atoms with Gasteiger partial charge in [0.2, 0.25) is 0 Å². The molecule has 0 unspecified atom stereocenters. The molecule has 0 rings (SSSR count). The van der Waals surface area contributed by atoms with Gasteiger partial charge in [-0.3, -0.25) is 0 Å². The maximum absolute atomic E-state index is 9.67. The standard InChI is InChI=1S/C3H5O3.Db/c1-5-3(4)6-2;/h1H2,2H3;/q-1;. The minimum atomic E-state index is -0.769. The van der Waals surface area contributed by atoms with Gasteiger partial charge in [-0.1, -0.05) is 0 Å². The van der Waals surface area contributed by atoms with E-state index in [0.717, 1.165) is 0 Å². The zero-order chi connectivity index (χ0) is 4.99. The van der Waals surface area contributed by atoms with Crippen LogP contribution in [0, 0.1) is 7.11 Å². The zero-order valence-electron chi connectivity index (χ0n) is 4.14. The van der Waals surface area contributed by atoms with Crippen molar-refractivity contribution in [1.29, 1.82) is 0 Å². The molecule has 0 aromatic rings. The molecule has 0 spiro atoms. The molecule has 0 bridgehead atoms. The summed E-state index contributed by atoms with van der Waals surface area (Å²) in [6.07, 6.45) is -0.769. The number of carbonyl (C=O) groups is 1. The van der Waals surface area contributed by atoms with E-state index >= 15 is 0 Å². The summed E-state index contributed by atoms with van der Waals surface area (Å²) in [4.78, 5) is 9.67. The number of ether oxygens (including phenoxy) is 2. The van der Waals surface area contributed by atoms with Crippen LogP contribution in [0.5, 0.6) is 0 Å². The van der Waals surface area contributed by atoms with Gasteiger partial charge in [0.25, 0.3) is 0 Å². The maximum atomic E-state index is 9.67. The first kappa shape index (κ1) is 8.99. The minimum absolute atomic E-state index is 0. The van der Waals surface area contributed by atoms with Gasteiger partial charge >= 0.3 is 6.16 Å². The van der Waals surface area contributed by atoms with Crippen molar-refractivity contribution in [2.24, 2.45) is 0 Å². The van der Waals surface area contributed by atoms with Crippen molar-refractivity contribution >= 4 is 6.16 Å². The van der Waals surface area contributed by atoms with Crippen molar-refractivity contribution in [2.45, 2.75) is 0 Å². The van der Waals surface area contributed by atoms with Crippen LogP contribution in [0.15, 0.2) is 0 Å². The van der Waals surface area contributed by atoms with Crippen molar-refractivity contribution in [3.8, 4) is 0 Å². The van der Waals surface area contributed by atoms with Crippen LogP contribution in [0.3, 0.4) is 0 Å². The first-order chi connectivity index (χ1) is 2.81. The van der Waals surface area contributed by atoms with Gasteiger partial charge < -0.3 is 9.47 Å². The minimum Gasteiger partial charge on any atom is -0.609 e. The second-order valence-electron chi connectivity index (χ2n) is 0.598. The molecule has 0 radical (unpaired) electrons. The second kappa shape index (κ2) is 4.27. The van der Waals surface area contributed by atoms with Crippen molar-refractivity contribution in [3.63, 3.8) is 0 Å². The van der Waals surface area contributed by atoms with Gasteiger partial charge in [-0.05, 0) is 0 Å². The van der Waals surface area contributed by atoms with E-state index in [2.05, 4.69) is 16.6 Å². The molecule has 0 saturated heterocycles. The molecule has 3 nitrogen and oxygen atoms in total. The van der Waals surface area contributed by atoms with Crippen molar-refractivity contribution < 1.29 is 14.3 Å². The fraction of sp³-hybridized carbons (Fsp3) is 0.333. The van der Waals surface area contributed by atoms with Crippen molar-refractivity contribution in [3.05, 3.63) is 7.11 Å². The summed E-state index contributed by atoms with van der Waals surface area (Å²) in [5.74, 6) is 0. The summed E-state index contributed by atoms with van der Waals surface area (Å²) in [6, 6.07) is 0. The third-order valence-electron chi connectivity index (χ3n) is 0.285. The average molecular weight is 357 g/mol. The molecule has 0 aromatic heterocycles. The molecule has 0 N–H and O–H groups in total. The Labute approximate surface area is 35.9 Å². The molecule has 0 heterocycles. The molecule has 0 aliphatic rings. The quantitative estimate of drug-likeness (QED) is 0.470. The Hall–Kier alpha value is -1.73. The molecule has 0 atom stereocenters. The van der Waals surface area contributed by atoms with E-state index in [-0.39, 0.29) is 0 Å². The van der Waals surface area contributed by atoms with E-state index in [0.29, 0.717) is 0 Å². The predicted molar refractivity (Wildman–Crippen MR) is 18.8 cm³/mol. The van der Waals surface area contributed by atoms with Crippen LogP contribution in [0.4, 0.5) is 4.79 Å². The van der Waals surface area contributed by atoms with Crippen LogP contribution in [-0.4, -0.2) is 13.3 Å². The summed E-state index contributed by atoms with van der Waals surface area (Å²) in [6.45, 7) is 0. The fourth-order valence-electron chi connectivity index (χ4n) is 0.0589. The third kappa shape index (κ3) is 4.27. The molecule has 38 valence electrons. The molecule has 4 heteroatoms. The average Bonchev–Trinajstić information content (AvgIpc) is 1.65. The summed E-state index contributed by atoms with van der Waals surface area (Å²) in [5, 5.41) is 0. The monoisotopic (exact) mass is 357 g/mol. The molecule has 0 fully saturated rings. The number of methoxy groups -OCH3 is 1. The van der Waals surface area contributed by atoms with Gasteiger partial charge in [0.15, 0.2) is 0 Å². The molecule has 0 amide bonds. The van der Waals surface area contributed by atoms with E-state index < -0.39 is 6.16 Å². The van der Waals surface area contributed by atoms with Crippen LogP contribution >= 0.6 is 0 Å². The number of hydrogen-bond donors (Lipinski definition) is 0. The molecule has 0 aliphatic carbocycles. The number of hydrogen-bond acceptors (Lipinski definition) is 3. The molecular weight excluding hydrogens is 352 g/mol. The molecule has 0 aromatic carbocycles. The molecule has 0 aliphatic heterocycles. The van der Waals surface area contributed by atoms with Gasteiger partial charge in [-0.25, -0.2) is 4.79 Å². The SMILES string of the molecule is [CH2-]OC(=O)OC.[Db]. The van der Waals surface area contributed by atoms with Gasteiger partial charge in [0, 0.05) is 0 Å². The first-order valence-corrected chi connectivity index (χ1v) is 1.31. The Balaban J connectivity index is 0.